The van der Waals surface area contributed by atoms with Crippen LogP contribution in [0.3, 0.4) is 0 Å². The van der Waals surface area contributed by atoms with E-state index < -0.39 is 0 Å². The molecule has 0 spiro atoms. The Labute approximate surface area is 69.0 Å². The summed E-state index contributed by atoms with van der Waals surface area (Å²) >= 11 is 0. The van der Waals surface area contributed by atoms with E-state index in [1.54, 1.807) is 0 Å². The highest BCUT2D eigenvalue weighted by atomic mass is 14.6. The molecule has 11 heavy (non-hydrogen) atoms. The summed E-state index contributed by atoms with van der Waals surface area (Å²) in [6, 6.07) is 0.298. The van der Waals surface area contributed by atoms with Gasteiger partial charge < -0.3 is 5.73 Å². The van der Waals surface area contributed by atoms with Gasteiger partial charge >= 0.3 is 0 Å². The van der Waals surface area contributed by atoms with Gasteiger partial charge in [0, 0.05) is 6.04 Å². The minimum atomic E-state index is 0.298. The quantitative estimate of drug-likeness (QED) is 0.602. The average Bonchev–Trinajstić information content (AvgIpc) is 2.03. The third-order valence-electron chi connectivity index (χ3n) is 2.08. The first-order valence-electron chi connectivity index (χ1n) is 4.44. The molecule has 0 aromatic rings. The summed E-state index contributed by atoms with van der Waals surface area (Å²) in [6.07, 6.45) is 11.2. The van der Waals surface area contributed by atoms with Crippen LogP contribution in [-0.4, -0.2) is 6.04 Å². The lowest BCUT2D eigenvalue weighted by Gasteiger charge is -2.16. The molecule has 1 atom stereocenters. The van der Waals surface area contributed by atoms with Crippen molar-refractivity contribution in [2.75, 3.05) is 0 Å². The van der Waals surface area contributed by atoms with Crippen molar-refractivity contribution in [3.8, 4) is 0 Å². The van der Waals surface area contributed by atoms with Gasteiger partial charge in [0.05, 0.1) is 0 Å². The third kappa shape index (κ3) is 2.51. The third-order valence-corrected chi connectivity index (χ3v) is 2.08. The Hall–Kier alpha value is -0.560. The van der Waals surface area contributed by atoms with E-state index >= 15 is 0 Å². The van der Waals surface area contributed by atoms with Crippen molar-refractivity contribution in [3.05, 3.63) is 23.8 Å². The van der Waals surface area contributed by atoms with Gasteiger partial charge in [0.2, 0.25) is 0 Å². The van der Waals surface area contributed by atoms with Gasteiger partial charge in [0.15, 0.2) is 0 Å². The number of nitrogens with two attached hydrogens (primary N) is 1. The number of hydrogen-bond donors (Lipinski definition) is 1. The zero-order chi connectivity index (χ0) is 8.10. The number of rotatable bonds is 2. The van der Waals surface area contributed by atoms with Gasteiger partial charge in [-0.15, -0.1) is 0 Å². The topological polar surface area (TPSA) is 26.0 Å². The summed E-state index contributed by atoms with van der Waals surface area (Å²) < 4.78 is 0. The summed E-state index contributed by atoms with van der Waals surface area (Å²) in [4.78, 5) is 0. The van der Waals surface area contributed by atoms with E-state index in [0.29, 0.717) is 6.04 Å². The molecule has 0 amide bonds. The second-order valence-electron chi connectivity index (χ2n) is 3.09. The Bertz CT molecular complexity index is 168. The molecule has 0 saturated carbocycles. The van der Waals surface area contributed by atoms with Gasteiger partial charge in [-0.3, -0.25) is 0 Å². The van der Waals surface area contributed by atoms with Crippen LogP contribution < -0.4 is 5.73 Å². The van der Waals surface area contributed by atoms with Gasteiger partial charge in [-0.25, -0.2) is 0 Å². The molecule has 1 heteroatoms. The van der Waals surface area contributed by atoms with E-state index in [9.17, 15) is 0 Å². The van der Waals surface area contributed by atoms with Crippen LogP contribution in [0.1, 0.15) is 32.6 Å². The van der Waals surface area contributed by atoms with Crippen LogP contribution in [0.15, 0.2) is 23.8 Å². The van der Waals surface area contributed by atoms with E-state index in [4.69, 9.17) is 5.73 Å². The van der Waals surface area contributed by atoms with Crippen LogP contribution >= 0.6 is 0 Å². The van der Waals surface area contributed by atoms with Crippen molar-refractivity contribution < 1.29 is 0 Å². The normalized spacial score (nSPS) is 27.8. The zero-order valence-electron chi connectivity index (χ0n) is 7.22. The van der Waals surface area contributed by atoms with Crippen molar-refractivity contribution >= 4 is 0 Å². The summed E-state index contributed by atoms with van der Waals surface area (Å²) in [6.45, 7) is 2.20. The van der Waals surface area contributed by atoms with Crippen LogP contribution in [0.25, 0.3) is 0 Å². The van der Waals surface area contributed by atoms with Crippen LogP contribution in [0.2, 0.25) is 0 Å². The molecule has 1 aliphatic carbocycles. The highest BCUT2D eigenvalue weighted by molar-refractivity contribution is 5.19. The second-order valence-corrected chi connectivity index (χ2v) is 3.09. The van der Waals surface area contributed by atoms with Crippen LogP contribution in [0.5, 0.6) is 0 Å². The molecule has 0 bridgehead atoms. The maximum atomic E-state index is 5.90. The van der Waals surface area contributed by atoms with Gasteiger partial charge in [-0.1, -0.05) is 37.1 Å². The van der Waals surface area contributed by atoms with Crippen molar-refractivity contribution in [1.82, 2.24) is 0 Å². The summed E-state index contributed by atoms with van der Waals surface area (Å²) in [7, 11) is 0. The minimum Gasteiger partial charge on any atom is -0.324 e. The van der Waals surface area contributed by atoms with E-state index in [1.807, 2.05) is 0 Å². The molecule has 1 nitrogen and oxygen atoms in total. The van der Waals surface area contributed by atoms with Gasteiger partial charge in [-0.2, -0.15) is 0 Å². The smallest absolute Gasteiger partial charge is 0.0291 e. The first kappa shape index (κ1) is 8.54. The Morgan fingerprint density at radius 3 is 3.09 bits per heavy atom. The summed E-state index contributed by atoms with van der Waals surface area (Å²) in [5, 5.41) is 0. The number of allylic oxidation sites excluding steroid dienone is 2. The van der Waals surface area contributed by atoms with Crippen LogP contribution in [0.4, 0.5) is 0 Å². The number of hydrogen-bond acceptors (Lipinski definition) is 1. The maximum Gasteiger partial charge on any atom is 0.0291 e. The summed E-state index contributed by atoms with van der Waals surface area (Å²) in [5.74, 6) is 0. The Kier molecular flexibility index (Phi) is 3.37. The monoisotopic (exact) mass is 151 g/mol. The average molecular weight is 151 g/mol. The molecule has 2 N–H and O–H groups in total. The minimum absolute atomic E-state index is 0.298. The van der Waals surface area contributed by atoms with E-state index in [-0.39, 0.29) is 0 Å². The Balaban J connectivity index is 2.49. The van der Waals surface area contributed by atoms with Gasteiger partial charge in [0.25, 0.3) is 0 Å². The number of unbranched alkanes of at least 4 members (excludes halogenated alkanes) is 1. The zero-order valence-corrected chi connectivity index (χ0v) is 7.22. The summed E-state index contributed by atoms with van der Waals surface area (Å²) in [5.41, 5.74) is 7.33. The molecule has 0 radical (unpaired) electrons. The lowest BCUT2D eigenvalue weighted by atomic mass is 9.95. The lowest BCUT2D eigenvalue weighted by molar-refractivity contribution is 0.731. The van der Waals surface area contributed by atoms with E-state index in [0.717, 1.165) is 12.8 Å². The second kappa shape index (κ2) is 4.35. The van der Waals surface area contributed by atoms with Crippen molar-refractivity contribution in [3.63, 3.8) is 0 Å². The molecule has 0 aliphatic heterocycles. The fourth-order valence-corrected chi connectivity index (χ4v) is 1.33. The van der Waals surface area contributed by atoms with Crippen molar-refractivity contribution in [2.24, 2.45) is 5.73 Å². The molecule has 0 fully saturated rings. The molecular formula is C10H17N. The fraction of sp³-hybridized carbons (Fsp3) is 0.600. The standard InChI is InChI=1S/C10H17N/c1-2-3-6-9-7-4-5-8-10(9)11/h4-6,10H,2-3,7-8,11H2,1H3/b9-6-. The molecule has 1 unspecified atom stereocenters. The Morgan fingerprint density at radius 2 is 2.45 bits per heavy atom. The molecule has 0 saturated heterocycles. The van der Waals surface area contributed by atoms with Crippen molar-refractivity contribution in [1.29, 1.82) is 0 Å². The highest BCUT2D eigenvalue weighted by Crippen LogP contribution is 2.16. The van der Waals surface area contributed by atoms with Crippen molar-refractivity contribution in [2.45, 2.75) is 38.6 Å². The first-order chi connectivity index (χ1) is 5.34. The molecule has 0 aromatic carbocycles. The molecule has 0 heterocycles. The predicted molar refractivity (Wildman–Crippen MR) is 49.3 cm³/mol. The van der Waals surface area contributed by atoms with E-state index in [1.165, 1.54) is 18.4 Å². The predicted octanol–water partition coefficient (Wildman–Crippen LogP) is 2.39. The lowest BCUT2D eigenvalue weighted by Crippen LogP contribution is -2.23. The highest BCUT2D eigenvalue weighted by Gasteiger charge is 2.08. The molecular weight excluding hydrogens is 134 g/mol. The van der Waals surface area contributed by atoms with Crippen LogP contribution in [0, 0.1) is 0 Å². The van der Waals surface area contributed by atoms with Gasteiger partial charge in [0.1, 0.15) is 0 Å². The van der Waals surface area contributed by atoms with Crippen LogP contribution in [-0.2, 0) is 0 Å². The molecule has 1 rings (SSSR count). The maximum absolute atomic E-state index is 5.90. The van der Waals surface area contributed by atoms with Gasteiger partial charge in [-0.05, 0) is 19.3 Å². The molecule has 0 aromatic heterocycles. The first-order valence-corrected chi connectivity index (χ1v) is 4.44. The Morgan fingerprint density at radius 1 is 1.64 bits per heavy atom. The SMILES string of the molecule is CCC/C=C1/CC=CCC1N. The fourth-order valence-electron chi connectivity index (χ4n) is 1.33. The largest absolute Gasteiger partial charge is 0.324 e. The van der Waals surface area contributed by atoms with E-state index in [2.05, 4.69) is 25.2 Å². The molecule has 62 valence electrons. The molecule has 1 aliphatic rings.